The minimum Gasteiger partial charge on any atom is -0.479 e. The van der Waals surface area contributed by atoms with Gasteiger partial charge in [0.25, 0.3) is 0 Å². The van der Waals surface area contributed by atoms with Crippen molar-refractivity contribution in [2.75, 3.05) is 0 Å². The molecular weight excluding hydrogens is 396 g/mol. The molecule has 0 radical (unpaired) electrons. The van der Waals surface area contributed by atoms with Gasteiger partial charge in [0.2, 0.25) is 0 Å². The van der Waals surface area contributed by atoms with E-state index in [2.05, 4.69) is 39.1 Å². The third-order valence-corrected chi connectivity index (χ3v) is 4.94. The maximum absolute atomic E-state index is 10.3. The fourth-order valence-electron chi connectivity index (χ4n) is 3.20. The zero-order valence-electron chi connectivity index (χ0n) is 14.2. The largest absolute Gasteiger partial charge is 0.479 e. The van der Waals surface area contributed by atoms with Crippen molar-refractivity contribution in [3.8, 4) is 0 Å². The van der Waals surface area contributed by atoms with E-state index in [-0.39, 0.29) is 6.42 Å². The fourth-order valence-corrected chi connectivity index (χ4v) is 3.57. The number of aliphatic hydroxyl groups is 1. The highest BCUT2D eigenvalue weighted by molar-refractivity contribution is 9.10. The maximum atomic E-state index is 10.3. The molecule has 1 aliphatic rings. The van der Waals surface area contributed by atoms with Gasteiger partial charge in [-0.2, -0.15) is 0 Å². The van der Waals surface area contributed by atoms with Crippen molar-refractivity contribution < 1.29 is 15.0 Å². The van der Waals surface area contributed by atoms with Crippen LogP contribution < -0.4 is 5.73 Å². The van der Waals surface area contributed by atoms with E-state index in [1.807, 2.05) is 18.2 Å². The summed E-state index contributed by atoms with van der Waals surface area (Å²) in [6.07, 6.45) is 0.858. The molecule has 2 aromatic carbocycles. The molecule has 0 aliphatic heterocycles. The highest BCUT2D eigenvalue weighted by atomic mass is 79.9. The minimum absolute atomic E-state index is 0.163. The summed E-state index contributed by atoms with van der Waals surface area (Å²) in [6, 6.07) is 15.7. The summed E-state index contributed by atoms with van der Waals surface area (Å²) >= 11 is 3.50. The van der Waals surface area contributed by atoms with Crippen LogP contribution in [0.3, 0.4) is 0 Å². The van der Waals surface area contributed by atoms with Crippen LogP contribution in [0.5, 0.6) is 0 Å². The second-order valence-electron chi connectivity index (χ2n) is 6.48. The number of nitrogens with two attached hydrogens (primary N) is 1. The molecule has 1 aliphatic carbocycles. The number of carbonyl (C=O) groups is 1. The van der Waals surface area contributed by atoms with Crippen LogP contribution in [-0.2, 0) is 24.1 Å². The molecule has 5 nitrogen and oxygen atoms in total. The molecule has 1 heterocycles. The van der Waals surface area contributed by atoms with E-state index in [1.54, 1.807) is 12.1 Å². The van der Waals surface area contributed by atoms with Crippen molar-refractivity contribution in [3.63, 3.8) is 0 Å². The summed E-state index contributed by atoms with van der Waals surface area (Å²) in [4.78, 5) is 13.7. The molecule has 0 bridgehead atoms. The number of nitrogens with one attached hydrogen (secondary N) is 1. The number of rotatable bonds is 3. The Hall–Kier alpha value is -2.15. The molecule has 0 saturated carbocycles. The molecule has 26 heavy (non-hydrogen) atoms. The lowest BCUT2D eigenvalue weighted by atomic mass is 10.1. The topological polar surface area (TPSA) is 99.3 Å². The second-order valence-corrected chi connectivity index (χ2v) is 7.40. The molecule has 4 rings (SSSR count). The number of carboxylic acids is 1. The molecule has 0 amide bonds. The van der Waals surface area contributed by atoms with E-state index in [1.165, 1.54) is 22.2 Å². The quantitative estimate of drug-likeness (QED) is 0.527. The normalized spacial score (nSPS) is 16.7. The van der Waals surface area contributed by atoms with E-state index in [4.69, 9.17) is 15.9 Å². The molecule has 136 valence electrons. The highest BCUT2D eigenvalue weighted by Crippen LogP contribution is 2.31. The number of aromatic nitrogens is 1. The molecule has 3 aromatic rings. The summed E-state index contributed by atoms with van der Waals surface area (Å²) in [5.41, 5.74) is 10.7. The van der Waals surface area contributed by atoms with Crippen molar-refractivity contribution in [2.45, 2.75) is 31.4 Å². The summed E-state index contributed by atoms with van der Waals surface area (Å²) < 4.78 is 1.13. The number of hydrogen-bond acceptors (Lipinski definition) is 3. The standard InChI is InChI=1S/C11H11BrN2.C9H10O3/c12-6-1-2-10-8(3-6)9-4-7(13)5-11(9)14-10;10-8(9(11)12)6-7-4-2-1-3-5-7/h1-3,7,14H,4-5,13H2;1-5,8,10H,6H2,(H,11,12)/t7-;8-/m01/s1. The van der Waals surface area contributed by atoms with E-state index in [0.29, 0.717) is 6.04 Å². The van der Waals surface area contributed by atoms with Crippen LogP contribution in [0.1, 0.15) is 16.8 Å². The molecule has 1 aromatic heterocycles. The van der Waals surface area contributed by atoms with Gasteiger partial charge in [-0.05, 0) is 35.7 Å². The van der Waals surface area contributed by atoms with E-state index < -0.39 is 12.1 Å². The summed E-state index contributed by atoms with van der Waals surface area (Å²) in [5.74, 6) is -1.18. The average molecular weight is 417 g/mol. The van der Waals surface area contributed by atoms with E-state index in [0.717, 1.165) is 22.9 Å². The molecule has 0 saturated heterocycles. The van der Waals surface area contributed by atoms with Gasteiger partial charge in [-0.15, -0.1) is 0 Å². The molecule has 5 N–H and O–H groups in total. The molecule has 0 fully saturated rings. The van der Waals surface area contributed by atoms with Crippen molar-refractivity contribution in [3.05, 3.63) is 69.8 Å². The number of aliphatic carboxylic acids is 1. The first kappa shape index (κ1) is 18.6. The van der Waals surface area contributed by atoms with Crippen LogP contribution >= 0.6 is 15.9 Å². The van der Waals surface area contributed by atoms with Crippen LogP contribution in [0.4, 0.5) is 0 Å². The first-order chi connectivity index (χ1) is 12.4. The number of benzene rings is 2. The Kier molecular flexibility index (Phi) is 5.76. The zero-order chi connectivity index (χ0) is 18.7. The number of halogens is 1. The lowest BCUT2D eigenvalue weighted by molar-refractivity contribution is -0.146. The Labute approximate surface area is 160 Å². The molecule has 0 unspecified atom stereocenters. The number of H-pyrrole nitrogens is 1. The van der Waals surface area contributed by atoms with Crippen LogP contribution in [0.2, 0.25) is 0 Å². The molecule has 6 heteroatoms. The van der Waals surface area contributed by atoms with Gasteiger partial charge in [0.05, 0.1) is 0 Å². The smallest absolute Gasteiger partial charge is 0.332 e. The van der Waals surface area contributed by atoms with Gasteiger partial charge in [0.1, 0.15) is 0 Å². The van der Waals surface area contributed by atoms with Crippen molar-refractivity contribution in [1.82, 2.24) is 4.98 Å². The van der Waals surface area contributed by atoms with Crippen LogP contribution in [-0.4, -0.2) is 33.3 Å². The number of carboxylic acid groups (broad SMARTS) is 1. The van der Waals surface area contributed by atoms with Crippen molar-refractivity contribution in [2.24, 2.45) is 5.73 Å². The Bertz CT molecular complexity index is 908. The fraction of sp³-hybridized carbons (Fsp3) is 0.250. The Morgan fingerprint density at radius 1 is 1.23 bits per heavy atom. The monoisotopic (exact) mass is 416 g/mol. The van der Waals surface area contributed by atoms with Crippen LogP contribution in [0.15, 0.2) is 53.0 Å². The van der Waals surface area contributed by atoms with Gasteiger partial charge in [0, 0.05) is 40.0 Å². The number of fused-ring (bicyclic) bond motifs is 3. The lowest BCUT2D eigenvalue weighted by Crippen LogP contribution is -2.21. The lowest BCUT2D eigenvalue weighted by Gasteiger charge is -2.03. The van der Waals surface area contributed by atoms with Gasteiger partial charge < -0.3 is 20.9 Å². The van der Waals surface area contributed by atoms with Gasteiger partial charge in [-0.1, -0.05) is 46.3 Å². The average Bonchev–Trinajstić information content (AvgIpc) is 3.12. The third kappa shape index (κ3) is 4.33. The molecule has 2 atom stereocenters. The SMILES string of the molecule is N[C@@H]1Cc2[nH]c3ccc(Br)cc3c2C1.O=C(O)[C@H](O)Cc1ccccc1. The summed E-state index contributed by atoms with van der Waals surface area (Å²) in [7, 11) is 0. The maximum Gasteiger partial charge on any atom is 0.332 e. The van der Waals surface area contributed by atoms with E-state index >= 15 is 0 Å². The summed E-state index contributed by atoms with van der Waals surface area (Å²) in [5, 5.41) is 18.7. The predicted octanol–water partition coefficient (Wildman–Crippen LogP) is 3.03. The van der Waals surface area contributed by atoms with E-state index in [9.17, 15) is 4.79 Å². The van der Waals surface area contributed by atoms with Gasteiger partial charge in [0.15, 0.2) is 6.10 Å². The predicted molar refractivity (Wildman–Crippen MR) is 105 cm³/mol. The first-order valence-electron chi connectivity index (χ1n) is 8.43. The highest BCUT2D eigenvalue weighted by Gasteiger charge is 2.22. The van der Waals surface area contributed by atoms with Gasteiger partial charge in [-0.25, -0.2) is 4.79 Å². The third-order valence-electron chi connectivity index (χ3n) is 4.45. The Morgan fingerprint density at radius 2 is 1.96 bits per heavy atom. The number of aromatic amines is 1. The molecule has 0 spiro atoms. The Balaban J connectivity index is 0.000000153. The second kappa shape index (κ2) is 8.03. The zero-order valence-corrected chi connectivity index (χ0v) is 15.7. The van der Waals surface area contributed by atoms with Crippen LogP contribution in [0, 0.1) is 0 Å². The van der Waals surface area contributed by atoms with Crippen LogP contribution in [0.25, 0.3) is 10.9 Å². The number of aliphatic hydroxyl groups excluding tert-OH is 1. The van der Waals surface area contributed by atoms with Gasteiger partial charge in [-0.3, -0.25) is 0 Å². The van der Waals surface area contributed by atoms with Crippen molar-refractivity contribution in [1.29, 1.82) is 0 Å². The molecular formula is C20H21BrN2O3. The number of hydrogen-bond donors (Lipinski definition) is 4. The van der Waals surface area contributed by atoms with Crippen molar-refractivity contribution >= 4 is 32.8 Å². The summed E-state index contributed by atoms with van der Waals surface area (Å²) in [6.45, 7) is 0. The Morgan fingerprint density at radius 3 is 2.65 bits per heavy atom. The first-order valence-corrected chi connectivity index (χ1v) is 9.22. The minimum atomic E-state index is -1.30. The van der Waals surface area contributed by atoms with Gasteiger partial charge >= 0.3 is 5.97 Å².